The summed E-state index contributed by atoms with van der Waals surface area (Å²) in [6, 6.07) is 5.84. The minimum atomic E-state index is 0.744. The van der Waals surface area contributed by atoms with Gasteiger partial charge in [-0.15, -0.1) is 12.6 Å². The van der Waals surface area contributed by atoms with Gasteiger partial charge in [0.15, 0.2) is 0 Å². The van der Waals surface area contributed by atoms with Gasteiger partial charge in [-0.1, -0.05) is 11.6 Å². The third-order valence-corrected chi connectivity index (χ3v) is 2.99. The third-order valence-electron chi connectivity index (χ3n) is 2.40. The lowest BCUT2D eigenvalue weighted by Crippen LogP contribution is -2.43. The summed E-state index contributed by atoms with van der Waals surface area (Å²) in [4.78, 5) is 3.29. The molecule has 0 spiro atoms. The summed E-state index contributed by atoms with van der Waals surface area (Å²) >= 11 is 10.3. The summed E-state index contributed by atoms with van der Waals surface area (Å²) in [5, 5.41) is 4.07. The molecule has 0 bridgehead atoms. The molecule has 2 rings (SSSR count). The van der Waals surface area contributed by atoms with Crippen molar-refractivity contribution in [2.45, 2.75) is 4.90 Å². The Labute approximate surface area is 94.7 Å². The molecule has 1 aliphatic rings. The van der Waals surface area contributed by atoms with Crippen molar-refractivity contribution in [1.29, 1.82) is 0 Å². The molecule has 0 unspecified atom stereocenters. The Bertz CT molecular complexity index is 324. The minimum absolute atomic E-state index is 0.744. The number of rotatable bonds is 1. The first-order valence-electron chi connectivity index (χ1n) is 4.71. The van der Waals surface area contributed by atoms with E-state index in [1.54, 1.807) is 0 Å². The lowest BCUT2D eigenvalue weighted by Gasteiger charge is -2.30. The summed E-state index contributed by atoms with van der Waals surface area (Å²) in [7, 11) is 0. The highest BCUT2D eigenvalue weighted by Gasteiger charge is 2.12. The molecular formula is C10H13ClN2S. The zero-order valence-electron chi connectivity index (χ0n) is 7.83. The molecule has 1 aliphatic heterocycles. The van der Waals surface area contributed by atoms with Crippen molar-refractivity contribution in [2.24, 2.45) is 0 Å². The predicted octanol–water partition coefficient (Wildman–Crippen LogP) is 2.04. The van der Waals surface area contributed by atoms with Gasteiger partial charge in [-0.2, -0.15) is 0 Å². The van der Waals surface area contributed by atoms with Crippen molar-refractivity contribution in [3.05, 3.63) is 23.2 Å². The molecule has 1 aromatic rings. The Kier molecular flexibility index (Phi) is 3.21. The van der Waals surface area contributed by atoms with Gasteiger partial charge in [0.25, 0.3) is 0 Å². The molecule has 0 radical (unpaired) electrons. The van der Waals surface area contributed by atoms with Crippen LogP contribution in [0.4, 0.5) is 5.69 Å². The fourth-order valence-corrected chi connectivity index (χ4v) is 2.27. The molecule has 2 nitrogen and oxygen atoms in total. The van der Waals surface area contributed by atoms with Gasteiger partial charge in [-0.3, -0.25) is 0 Å². The molecule has 0 aliphatic carbocycles. The second-order valence-corrected chi connectivity index (χ2v) is 4.29. The molecule has 0 amide bonds. The quantitative estimate of drug-likeness (QED) is 0.716. The van der Waals surface area contributed by atoms with Crippen LogP contribution in [-0.2, 0) is 0 Å². The summed E-state index contributed by atoms with van der Waals surface area (Å²) < 4.78 is 0. The maximum Gasteiger partial charge on any atom is 0.0503 e. The average Bonchev–Trinajstić information content (AvgIpc) is 2.19. The van der Waals surface area contributed by atoms with Crippen LogP contribution in [0.5, 0.6) is 0 Å². The summed E-state index contributed by atoms with van der Waals surface area (Å²) in [6.07, 6.45) is 0. The molecule has 1 aromatic carbocycles. The maximum absolute atomic E-state index is 5.88. The number of halogens is 1. The van der Waals surface area contributed by atoms with Gasteiger partial charge in [-0.25, -0.2) is 0 Å². The molecule has 4 heteroatoms. The maximum atomic E-state index is 5.88. The fraction of sp³-hybridized carbons (Fsp3) is 0.400. The van der Waals surface area contributed by atoms with Gasteiger partial charge in [0.05, 0.1) is 5.69 Å². The molecule has 14 heavy (non-hydrogen) atoms. The largest absolute Gasteiger partial charge is 0.368 e. The van der Waals surface area contributed by atoms with Gasteiger partial charge in [0.2, 0.25) is 0 Å². The van der Waals surface area contributed by atoms with E-state index in [0.717, 1.165) is 36.1 Å². The van der Waals surface area contributed by atoms with Gasteiger partial charge >= 0.3 is 0 Å². The SMILES string of the molecule is Sc1cc(Cl)ccc1N1CCNCC1. The smallest absolute Gasteiger partial charge is 0.0503 e. The van der Waals surface area contributed by atoms with Gasteiger partial charge in [0, 0.05) is 36.1 Å². The van der Waals surface area contributed by atoms with Crippen molar-refractivity contribution < 1.29 is 0 Å². The second kappa shape index (κ2) is 4.43. The van der Waals surface area contributed by atoms with Gasteiger partial charge in [0.1, 0.15) is 0 Å². The van der Waals surface area contributed by atoms with Crippen molar-refractivity contribution in [3.63, 3.8) is 0 Å². The van der Waals surface area contributed by atoms with Gasteiger partial charge in [-0.05, 0) is 18.2 Å². The zero-order valence-corrected chi connectivity index (χ0v) is 9.48. The fourth-order valence-electron chi connectivity index (χ4n) is 1.67. The summed E-state index contributed by atoms with van der Waals surface area (Å²) in [5.74, 6) is 0. The highest BCUT2D eigenvalue weighted by atomic mass is 35.5. The van der Waals surface area contributed by atoms with Crippen molar-refractivity contribution in [1.82, 2.24) is 5.32 Å². The highest BCUT2D eigenvalue weighted by Crippen LogP contribution is 2.27. The van der Waals surface area contributed by atoms with Gasteiger partial charge < -0.3 is 10.2 Å². The summed E-state index contributed by atoms with van der Waals surface area (Å²) in [6.45, 7) is 4.15. The van der Waals surface area contributed by atoms with Crippen LogP contribution in [0.3, 0.4) is 0 Å². The zero-order chi connectivity index (χ0) is 9.97. The minimum Gasteiger partial charge on any atom is -0.368 e. The van der Waals surface area contributed by atoms with E-state index in [0.29, 0.717) is 0 Å². The molecule has 1 heterocycles. The Morgan fingerprint density at radius 1 is 1.29 bits per heavy atom. The first kappa shape index (κ1) is 10.1. The molecule has 1 fully saturated rings. The number of nitrogens with one attached hydrogen (secondary N) is 1. The molecule has 0 saturated carbocycles. The van der Waals surface area contributed by atoms with E-state index >= 15 is 0 Å². The van der Waals surface area contributed by atoms with Crippen molar-refractivity contribution >= 4 is 29.9 Å². The van der Waals surface area contributed by atoms with E-state index in [-0.39, 0.29) is 0 Å². The Balaban J connectivity index is 2.22. The molecule has 0 aromatic heterocycles. The number of thiol groups is 1. The standard InChI is InChI=1S/C10H13ClN2S/c11-8-1-2-9(10(14)7-8)13-5-3-12-4-6-13/h1-2,7,12,14H,3-6H2. The highest BCUT2D eigenvalue weighted by molar-refractivity contribution is 7.80. The first-order valence-corrected chi connectivity index (χ1v) is 5.54. The van der Waals surface area contributed by atoms with Crippen molar-refractivity contribution in [3.8, 4) is 0 Å². The molecule has 1 N–H and O–H groups in total. The topological polar surface area (TPSA) is 15.3 Å². The van der Waals surface area contributed by atoms with Crippen LogP contribution in [0.1, 0.15) is 0 Å². The summed E-state index contributed by atoms with van der Waals surface area (Å²) in [5.41, 5.74) is 1.18. The number of hydrogen-bond acceptors (Lipinski definition) is 3. The lowest BCUT2D eigenvalue weighted by atomic mass is 10.2. The first-order chi connectivity index (χ1) is 6.77. The van der Waals surface area contributed by atoms with E-state index in [2.05, 4.69) is 22.8 Å². The average molecular weight is 229 g/mol. The van der Waals surface area contributed by atoms with Crippen LogP contribution in [-0.4, -0.2) is 26.2 Å². The lowest BCUT2D eigenvalue weighted by molar-refractivity contribution is 0.587. The monoisotopic (exact) mass is 228 g/mol. The molecular weight excluding hydrogens is 216 g/mol. The Morgan fingerprint density at radius 2 is 2.00 bits per heavy atom. The van der Waals surface area contributed by atoms with Crippen LogP contribution in [0.25, 0.3) is 0 Å². The Hall–Kier alpha value is -0.380. The van der Waals surface area contributed by atoms with E-state index < -0.39 is 0 Å². The third kappa shape index (κ3) is 2.16. The van der Waals surface area contributed by atoms with Crippen LogP contribution in [0.2, 0.25) is 5.02 Å². The molecule has 76 valence electrons. The van der Waals surface area contributed by atoms with Crippen LogP contribution in [0, 0.1) is 0 Å². The molecule has 1 saturated heterocycles. The van der Waals surface area contributed by atoms with E-state index in [1.807, 2.05) is 18.2 Å². The number of benzene rings is 1. The molecule has 0 atom stereocenters. The second-order valence-electron chi connectivity index (χ2n) is 3.37. The number of hydrogen-bond donors (Lipinski definition) is 2. The van der Waals surface area contributed by atoms with Crippen molar-refractivity contribution in [2.75, 3.05) is 31.1 Å². The number of piperazine rings is 1. The normalized spacial score (nSPS) is 17.1. The van der Waals surface area contributed by atoms with E-state index in [4.69, 9.17) is 11.6 Å². The van der Waals surface area contributed by atoms with Crippen LogP contribution in [0.15, 0.2) is 23.1 Å². The van der Waals surface area contributed by atoms with E-state index in [1.165, 1.54) is 5.69 Å². The van der Waals surface area contributed by atoms with E-state index in [9.17, 15) is 0 Å². The Morgan fingerprint density at radius 3 is 2.64 bits per heavy atom. The number of nitrogens with zero attached hydrogens (tertiary/aromatic N) is 1. The van der Waals surface area contributed by atoms with Crippen LogP contribution >= 0.6 is 24.2 Å². The number of anilines is 1. The predicted molar refractivity (Wildman–Crippen MR) is 63.8 cm³/mol. The van der Waals surface area contributed by atoms with Crippen LogP contribution < -0.4 is 10.2 Å².